The van der Waals surface area contributed by atoms with Gasteiger partial charge in [-0.2, -0.15) is 0 Å². The fraction of sp³-hybridized carbons (Fsp3) is 0.810. The number of hydrogen-bond acceptors (Lipinski definition) is 11. The summed E-state index contributed by atoms with van der Waals surface area (Å²) in [5, 5.41) is 0. The summed E-state index contributed by atoms with van der Waals surface area (Å²) in [5.41, 5.74) is 0.302. The molecule has 11 heteroatoms. The molecule has 53 heavy (non-hydrogen) atoms. The predicted octanol–water partition coefficient (Wildman–Crippen LogP) is 7.81. The summed E-state index contributed by atoms with van der Waals surface area (Å²) in [7, 11) is 0. The van der Waals surface area contributed by atoms with Gasteiger partial charge in [0.15, 0.2) is 0 Å². The minimum atomic E-state index is -0.890. The summed E-state index contributed by atoms with van der Waals surface area (Å²) in [5.74, 6) is -1.56. The van der Waals surface area contributed by atoms with Crippen molar-refractivity contribution in [1.82, 2.24) is 0 Å². The van der Waals surface area contributed by atoms with Gasteiger partial charge in [-0.05, 0) is 6.42 Å². The molecular formula is C42H74O11. The molecule has 0 amide bonds. The summed E-state index contributed by atoms with van der Waals surface area (Å²) in [6.07, 6.45) is 22.1. The van der Waals surface area contributed by atoms with E-state index in [0.717, 1.165) is 13.0 Å². The quantitative estimate of drug-likeness (QED) is 0.0281. The van der Waals surface area contributed by atoms with Gasteiger partial charge in [0.25, 0.3) is 5.78 Å². The first kappa shape index (κ1) is 49.1. The zero-order valence-corrected chi connectivity index (χ0v) is 33.2. The molecule has 0 N–H and O–H groups in total. The zero-order valence-electron chi connectivity index (χ0n) is 33.2. The molecule has 1 aromatic rings. The molecule has 11 nitrogen and oxygen atoms in total. The van der Waals surface area contributed by atoms with Gasteiger partial charge in [0.1, 0.15) is 6.61 Å². The highest BCUT2D eigenvalue weighted by atomic mass is 16.6. The second-order valence-electron chi connectivity index (χ2n) is 13.0. The van der Waals surface area contributed by atoms with Crippen LogP contribution in [0.1, 0.15) is 120 Å². The lowest BCUT2D eigenvalue weighted by atomic mass is 10.0. The van der Waals surface area contributed by atoms with E-state index in [9.17, 15) is 9.59 Å². The molecule has 0 fully saturated rings. The number of esters is 1. The summed E-state index contributed by atoms with van der Waals surface area (Å²) in [6.45, 7) is 10.3. The van der Waals surface area contributed by atoms with Crippen molar-refractivity contribution in [3.05, 3.63) is 35.9 Å². The molecule has 0 radical (unpaired) electrons. The largest absolute Gasteiger partial charge is 0.457 e. The van der Waals surface area contributed by atoms with Gasteiger partial charge in [-0.1, -0.05) is 134 Å². The Morgan fingerprint density at radius 2 is 0.642 bits per heavy atom. The van der Waals surface area contributed by atoms with Gasteiger partial charge in [0, 0.05) is 12.2 Å². The molecule has 0 aliphatic rings. The van der Waals surface area contributed by atoms with Crippen molar-refractivity contribution in [3.8, 4) is 0 Å². The second-order valence-corrected chi connectivity index (χ2v) is 13.0. The van der Waals surface area contributed by atoms with Gasteiger partial charge in [0.2, 0.25) is 0 Å². The molecule has 308 valence electrons. The molecule has 0 bridgehead atoms. The first-order valence-corrected chi connectivity index (χ1v) is 20.6. The van der Waals surface area contributed by atoms with Crippen molar-refractivity contribution < 1.29 is 52.2 Å². The number of ketones is 1. The normalized spacial score (nSPS) is 11.3. The molecule has 0 saturated heterocycles. The fourth-order valence-electron chi connectivity index (χ4n) is 5.36. The minimum absolute atomic E-state index is 0.00494. The molecule has 0 aliphatic heterocycles. The Morgan fingerprint density at radius 3 is 0.981 bits per heavy atom. The maximum atomic E-state index is 11.9. The lowest BCUT2D eigenvalue weighted by Crippen LogP contribution is -2.20. The van der Waals surface area contributed by atoms with Crippen molar-refractivity contribution in [1.29, 1.82) is 0 Å². The van der Waals surface area contributed by atoms with Gasteiger partial charge < -0.3 is 42.6 Å². The van der Waals surface area contributed by atoms with Crippen molar-refractivity contribution in [2.45, 2.75) is 110 Å². The Kier molecular flexibility index (Phi) is 38.1. The summed E-state index contributed by atoms with van der Waals surface area (Å²) in [4.78, 5) is 23.7. The van der Waals surface area contributed by atoms with Crippen LogP contribution in [0.5, 0.6) is 0 Å². The third-order valence-electron chi connectivity index (χ3n) is 8.43. The van der Waals surface area contributed by atoms with Crippen molar-refractivity contribution in [2.75, 3.05) is 112 Å². The number of ether oxygens (including phenoxy) is 9. The standard InChI is InChI=1S/C42H74O11/c1-2-3-4-5-6-7-8-9-10-11-12-13-14-15-16-20-23-45-24-25-46-26-27-47-28-29-48-30-31-49-32-33-50-34-35-51-36-37-52-38-39-53-42(44)41(43)40-21-18-17-19-22-40/h17-19,21-22H,2-16,20,23-39H2,1H3. The molecule has 0 aliphatic carbocycles. The van der Waals surface area contributed by atoms with E-state index in [-0.39, 0.29) is 13.2 Å². The average Bonchev–Trinajstić information content (AvgIpc) is 3.18. The van der Waals surface area contributed by atoms with E-state index >= 15 is 0 Å². The van der Waals surface area contributed by atoms with Gasteiger partial charge in [-0.3, -0.25) is 4.79 Å². The Balaban J connectivity index is 1.64. The second kappa shape index (κ2) is 41.2. The Labute approximate surface area is 321 Å². The average molecular weight is 755 g/mol. The van der Waals surface area contributed by atoms with Gasteiger partial charge in [-0.15, -0.1) is 0 Å². The van der Waals surface area contributed by atoms with Gasteiger partial charge >= 0.3 is 5.97 Å². The number of Topliss-reactive ketones (excluding diaryl/α,β-unsaturated/α-hetero) is 1. The van der Waals surface area contributed by atoms with E-state index < -0.39 is 11.8 Å². The van der Waals surface area contributed by atoms with E-state index in [2.05, 4.69) is 6.92 Å². The van der Waals surface area contributed by atoms with Gasteiger partial charge in [0.05, 0.1) is 99.1 Å². The molecule has 1 rings (SSSR count). The van der Waals surface area contributed by atoms with E-state index in [1.807, 2.05) is 0 Å². The third kappa shape index (κ3) is 35.5. The van der Waals surface area contributed by atoms with Crippen LogP contribution >= 0.6 is 0 Å². The number of hydrogen-bond donors (Lipinski definition) is 0. The third-order valence-corrected chi connectivity index (χ3v) is 8.43. The molecule has 0 spiro atoms. The maximum absolute atomic E-state index is 11.9. The van der Waals surface area contributed by atoms with Crippen LogP contribution in [-0.4, -0.2) is 124 Å². The molecule has 0 saturated carbocycles. The van der Waals surface area contributed by atoms with Crippen LogP contribution in [0.3, 0.4) is 0 Å². The van der Waals surface area contributed by atoms with Crippen molar-refractivity contribution in [3.63, 3.8) is 0 Å². The van der Waals surface area contributed by atoms with Crippen molar-refractivity contribution >= 4 is 11.8 Å². The summed E-state index contributed by atoms with van der Waals surface area (Å²) < 4.78 is 49.0. The molecule has 0 unspecified atom stereocenters. The highest BCUT2D eigenvalue weighted by molar-refractivity contribution is 6.40. The Bertz CT molecular complexity index is 902. The minimum Gasteiger partial charge on any atom is -0.457 e. The van der Waals surface area contributed by atoms with E-state index in [0.29, 0.717) is 98.1 Å². The Morgan fingerprint density at radius 1 is 0.358 bits per heavy atom. The Hall–Kier alpha value is -1.96. The maximum Gasteiger partial charge on any atom is 0.379 e. The number of unbranched alkanes of at least 4 members (excludes halogenated alkanes) is 15. The topological polar surface area (TPSA) is 117 Å². The monoisotopic (exact) mass is 755 g/mol. The highest BCUT2D eigenvalue weighted by Crippen LogP contribution is 2.13. The van der Waals surface area contributed by atoms with Crippen LogP contribution in [0, 0.1) is 0 Å². The van der Waals surface area contributed by atoms with E-state index in [4.69, 9.17) is 42.6 Å². The first-order chi connectivity index (χ1) is 26.3. The number of carbonyl (C=O) groups is 2. The van der Waals surface area contributed by atoms with Gasteiger partial charge in [-0.25, -0.2) is 4.79 Å². The molecule has 0 heterocycles. The predicted molar refractivity (Wildman–Crippen MR) is 208 cm³/mol. The number of carbonyl (C=O) groups excluding carboxylic acids is 2. The zero-order chi connectivity index (χ0) is 38.0. The SMILES string of the molecule is CCCCCCCCCCCCCCCCCCOCCOCCOCCOCCOCCOCCOCCOCCOC(=O)C(=O)c1ccccc1. The fourth-order valence-corrected chi connectivity index (χ4v) is 5.36. The van der Waals surface area contributed by atoms with Crippen LogP contribution in [0.15, 0.2) is 30.3 Å². The smallest absolute Gasteiger partial charge is 0.379 e. The van der Waals surface area contributed by atoms with Crippen molar-refractivity contribution in [2.24, 2.45) is 0 Å². The van der Waals surface area contributed by atoms with E-state index in [1.165, 1.54) is 96.3 Å². The summed E-state index contributed by atoms with van der Waals surface area (Å²) in [6, 6.07) is 8.29. The van der Waals surface area contributed by atoms with Crippen LogP contribution in [-0.2, 0) is 47.4 Å². The van der Waals surface area contributed by atoms with E-state index in [1.54, 1.807) is 30.3 Å². The molecule has 0 atom stereocenters. The molecular weight excluding hydrogens is 680 g/mol. The number of rotatable bonds is 43. The summed E-state index contributed by atoms with van der Waals surface area (Å²) >= 11 is 0. The number of benzene rings is 1. The lowest BCUT2D eigenvalue weighted by molar-refractivity contribution is -0.139. The highest BCUT2D eigenvalue weighted by Gasteiger charge is 2.17. The van der Waals surface area contributed by atoms with Crippen LogP contribution < -0.4 is 0 Å². The lowest BCUT2D eigenvalue weighted by Gasteiger charge is -2.09. The molecule has 1 aromatic carbocycles. The molecule has 0 aromatic heterocycles. The first-order valence-electron chi connectivity index (χ1n) is 20.6. The van der Waals surface area contributed by atoms with Crippen LogP contribution in [0.25, 0.3) is 0 Å². The van der Waals surface area contributed by atoms with Crippen LogP contribution in [0.4, 0.5) is 0 Å². The van der Waals surface area contributed by atoms with Crippen LogP contribution in [0.2, 0.25) is 0 Å².